The van der Waals surface area contributed by atoms with Gasteiger partial charge in [0.1, 0.15) is 0 Å². The molecule has 0 aliphatic heterocycles. The molecule has 1 rings (SSSR count). The Morgan fingerprint density at radius 1 is 1.19 bits per heavy atom. The number of rotatable bonds is 6. The number of nitrogens with one attached hydrogen (secondary N) is 1. The molecule has 1 aromatic carbocycles. The number of unbranched alkanes of at least 4 members (excludes halogenated alkanes) is 2. The predicted molar refractivity (Wildman–Crippen MR) is 102 cm³/mol. The number of aromatic carboxylic acids is 1. The molecule has 0 aromatic heterocycles. The second-order valence-electron chi connectivity index (χ2n) is 4.20. The molecule has 0 atom stereocenters. The first-order chi connectivity index (χ1) is 9.38. The van der Waals surface area contributed by atoms with Crippen LogP contribution >= 0.6 is 67.8 Å². The van der Waals surface area contributed by atoms with E-state index in [-0.39, 0.29) is 41.0 Å². The predicted octanol–water partition coefficient (Wildman–Crippen LogP) is 0.387. The van der Waals surface area contributed by atoms with Crippen molar-refractivity contribution >= 4 is 85.3 Å². The standard InChI is InChI=1S/C13H14I3NO3.Na/c1-2-3-4-5-9(18)17-12-8(15)6-7(14)10(11(12)16)13(19)20;/h6H,2-5H2,1H3,(H,17,18)(H,19,20);/q;+1/p-1. The minimum atomic E-state index is -1.23. The Bertz CT molecular complexity index is 538. The number of hydrogen-bond acceptors (Lipinski definition) is 3. The van der Waals surface area contributed by atoms with Crippen molar-refractivity contribution in [2.24, 2.45) is 0 Å². The number of carboxylic acids is 1. The first-order valence-electron chi connectivity index (χ1n) is 6.07. The third-order valence-electron chi connectivity index (χ3n) is 2.65. The second kappa shape index (κ2) is 11.0. The molecule has 0 aliphatic carbocycles. The molecule has 0 fully saturated rings. The molecule has 21 heavy (non-hydrogen) atoms. The number of halogens is 3. The van der Waals surface area contributed by atoms with Crippen molar-refractivity contribution in [3.8, 4) is 0 Å². The Morgan fingerprint density at radius 3 is 2.33 bits per heavy atom. The van der Waals surface area contributed by atoms with E-state index in [9.17, 15) is 14.7 Å². The summed E-state index contributed by atoms with van der Waals surface area (Å²) in [4.78, 5) is 23.0. The van der Waals surface area contributed by atoms with Gasteiger partial charge in [0, 0.05) is 22.7 Å². The van der Waals surface area contributed by atoms with E-state index in [2.05, 4.69) is 34.8 Å². The number of benzene rings is 1. The summed E-state index contributed by atoms with van der Waals surface area (Å²) >= 11 is 5.99. The fourth-order valence-electron chi connectivity index (χ4n) is 1.63. The molecule has 0 saturated carbocycles. The molecule has 0 unspecified atom stereocenters. The SMILES string of the molecule is CCCCCC(=O)Nc1c(I)cc(I)c(C(=O)[O-])c1I.[Na+]. The average Bonchev–Trinajstić information content (AvgIpc) is 2.34. The summed E-state index contributed by atoms with van der Waals surface area (Å²) in [7, 11) is 0. The van der Waals surface area contributed by atoms with Crippen molar-refractivity contribution in [3.63, 3.8) is 0 Å². The van der Waals surface area contributed by atoms with Gasteiger partial charge in [0.2, 0.25) is 5.91 Å². The van der Waals surface area contributed by atoms with E-state index in [1.54, 1.807) is 6.07 Å². The summed E-state index contributed by atoms with van der Waals surface area (Å²) in [6.07, 6.45) is 3.36. The maximum absolute atomic E-state index is 11.9. The smallest absolute Gasteiger partial charge is 0.545 e. The minimum absolute atomic E-state index is 0. The largest absolute Gasteiger partial charge is 1.00 e. The summed E-state index contributed by atoms with van der Waals surface area (Å²) in [5.41, 5.74) is 0.697. The third kappa shape index (κ3) is 6.77. The van der Waals surface area contributed by atoms with Crippen LogP contribution in [0, 0.1) is 10.7 Å². The van der Waals surface area contributed by atoms with Gasteiger partial charge in [-0.2, -0.15) is 0 Å². The van der Waals surface area contributed by atoms with E-state index in [0.717, 1.165) is 22.8 Å². The van der Waals surface area contributed by atoms with Gasteiger partial charge in [-0.25, -0.2) is 0 Å². The molecule has 4 nitrogen and oxygen atoms in total. The molecule has 0 radical (unpaired) electrons. The Labute approximate surface area is 187 Å². The molecule has 1 amide bonds. The van der Waals surface area contributed by atoms with Gasteiger partial charge in [-0.3, -0.25) is 4.79 Å². The van der Waals surface area contributed by atoms with E-state index < -0.39 is 5.97 Å². The molecular formula is C13H13I3NNaO3. The first-order valence-corrected chi connectivity index (χ1v) is 9.30. The van der Waals surface area contributed by atoms with Gasteiger partial charge in [-0.1, -0.05) is 19.8 Å². The number of amides is 1. The van der Waals surface area contributed by atoms with Crippen LogP contribution in [0.5, 0.6) is 0 Å². The Kier molecular flexibility index (Phi) is 11.7. The maximum atomic E-state index is 11.9. The molecular weight excluding hydrogens is 622 g/mol. The number of anilines is 1. The molecule has 0 heterocycles. The summed E-state index contributed by atoms with van der Waals surface area (Å²) < 4.78 is 1.95. The minimum Gasteiger partial charge on any atom is -0.545 e. The molecule has 1 N–H and O–H groups in total. The van der Waals surface area contributed by atoms with Gasteiger partial charge in [0.15, 0.2) is 0 Å². The van der Waals surface area contributed by atoms with E-state index >= 15 is 0 Å². The number of carboxylic acid groups (broad SMARTS) is 1. The number of hydrogen-bond donors (Lipinski definition) is 1. The second-order valence-corrected chi connectivity index (χ2v) is 7.60. The molecule has 8 heteroatoms. The van der Waals surface area contributed by atoms with Crippen molar-refractivity contribution < 1.29 is 44.3 Å². The zero-order chi connectivity index (χ0) is 15.3. The normalized spacial score (nSPS) is 9.90. The van der Waals surface area contributed by atoms with Gasteiger partial charge < -0.3 is 15.2 Å². The number of carbonyl (C=O) groups excluding carboxylic acids is 2. The average molecular weight is 635 g/mol. The van der Waals surface area contributed by atoms with Crippen LogP contribution < -0.4 is 40.0 Å². The van der Waals surface area contributed by atoms with Crippen LogP contribution in [0.4, 0.5) is 5.69 Å². The summed E-state index contributed by atoms with van der Waals surface area (Å²) in [5, 5.41) is 14.0. The molecule has 0 aliphatic rings. The summed E-state index contributed by atoms with van der Waals surface area (Å²) in [5.74, 6) is -1.31. The fraction of sp³-hybridized carbons (Fsp3) is 0.385. The maximum Gasteiger partial charge on any atom is 1.00 e. The van der Waals surface area contributed by atoms with Crippen LogP contribution in [-0.4, -0.2) is 11.9 Å². The third-order valence-corrected chi connectivity index (χ3v) is 5.43. The van der Waals surface area contributed by atoms with Crippen LogP contribution in [0.3, 0.4) is 0 Å². The van der Waals surface area contributed by atoms with Gasteiger partial charge >= 0.3 is 29.6 Å². The van der Waals surface area contributed by atoms with Crippen molar-refractivity contribution in [1.29, 1.82) is 0 Å². The Balaban J connectivity index is 0.00000400. The number of carbonyl (C=O) groups is 2. The Hall–Kier alpha value is 1.35. The van der Waals surface area contributed by atoms with Gasteiger partial charge in [0.05, 0.1) is 11.7 Å². The zero-order valence-electron chi connectivity index (χ0n) is 11.8. The van der Waals surface area contributed by atoms with Gasteiger partial charge in [-0.05, 0) is 80.3 Å². The van der Waals surface area contributed by atoms with E-state index in [1.165, 1.54) is 0 Å². The van der Waals surface area contributed by atoms with Crippen LogP contribution in [0.1, 0.15) is 43.0 Å². The topological polar surface area (TPSA) is 69.2 Å². The molecule has 0 bridgehead atoms. The van der Waals surface area contributed by atoms with E-state index in [0.29, 0.717) is 19.2 Å². The van der Waals surface area contributed by atoms with Gasteiger partial charge in [-0.15, -0.1) is 0 Å². The van der Waals surface area contributed by atoms with Crippen molar-refractivity contribution in [3.05, 3.63) is 22.3 Å². The summed E-state index contributed by atoms with van der Waals surface area (Å²) in [6.45, 7) is 2.08. The van der Waals surface area contributed by atoms with Crippen molar-refractivity contribution in [2.45, 2.75) is 32.6 Å². The van der Waals surface area contributed by atoms with Crippen LogP contribution in [0.2, 0.25) is 0 Å². The zero-order valence-corrected chi connectivity index (χ0v) is 20.2. The van der Waals surface area contributed by atoms with Crippen molar-refractivity contribution in [1.82, 2.24) is 0 Å². The van der Waals surface area contributed by atoms with Crippen LogP contribution in [0.25, 0.3) is 0 Å². The quantitative estimate of drug-likeness (QED) is 0.280. The fourth-order valence-corrected chi connectivity index (χ4v) is 5.71. The van der Waals surface area contributed by atoms with E-state index in [1.807, 2.05) is 45.2 Å². The van der Waals surface area contributed by atoms with Crippen LogP contribution in [-0.2, 0) is 4.79 Å². The van der Waals surface area contributed by atoms with E-state index in [4.69, 9.17) is 0 Å². The van der Waals surface area contributed by atoms with Gasteiger partial charge in [0.25, 0.3) is 0 Å². The first kappa shape index (κ1) is 22.4. The van der Waals surface area contributed by atoms with Crippen LogP contribution in [0.15, 0.2) is 6.07 Å². The summed E-state index contributed by atoms with van der Waals surface area (Å²) in [6, 6.07) is 1.73. The molecule has 0 spiro atoms. The molecule has 1 aromatic rings. The molecule has 110 valence electrons. The monoisotopic (exact) mass is 635 g/mol. The Morgan fingerprint density at radius 2 is 1.81 bits per heavy atom. The van der Waals surface area contributed by atoms with Crippen molar-refractivity contribution in [2.75, 3.05) is 5.32 Å². The molecule has 0 saturated heterocycles.